The van der Waals surface area contributed by atoms with Gasteiger partial charge in [0, 0.05) is 17.5 Å². The Morgan fingerprint density at radius 2 is 1.71 bits per heavy atom. The SMILES string of the molecule is S=c1nc(C2CCC2)[nH]c(C2CCCC2)c1Br. The van der Waals surface area contributed by atoms with Crippen LogP contribution in [0.25, 0.3) is 0 Å². The Kier molecular flexibility index (Phi) is 3.35. The molecule has 3 rings (SSSR count). The maximum atomic E-state index is 5.38. The average Bonchev–Trinajstić information content (AvgIpc) is 2.73. The van der Waals surface area contributed by atoms with Crippen molar-refractivity contribution < 1.29 is 0 Å². The minimum Gasteiger partial charge on any atom is -0.346 e. The van der Waals surface area contributed by atoms with Crippen LogP contribution in [0.15, 0.2) is 4.47 Å². The molecule has 0 radical (unpaired) electrons. The Morgan fingerprint density at radius 1 is 1.06 bits per heavy atom. The fourth-order valence-electron chi connectivity index (χ4n) is 2.87. The highest BCUT2D eigenvalue weighted by Crippen LogP contribution is 2.39. The van der Waals surface area contributed by atoms with Crippen LogP contribution in [0.2, 0.25) is 0 Å². The highest BCUT2D eigenvalue weighted by molar-refractivity contribution is 9.10. The lowest BCUT2D eigenvalue weighted by Gasteiger charge is -2.26. The summed E-state index contributed by atoms with van der Waals surface area (Å²) in [5.74, 6) is 2.42. The van der Waals surface area contributed by atoms with Gasteiger partial charge in [0.15, 0.2) is 0 Å². The predicted molar refractivity (Wildman–Crippen MR) is 74.9 cm³/mol. The van der Waals surface area contributed by atoms with Gasteiger partial charge in [-0.1, -0.05) is 31.5 Å². The molecule has 0 atom stereocenters. The number of H-pyrrole nitrogens is 1. The van der Waals surface area contributed by atoms with E-state index in [-0.39, 0.29) is 0 Å². The standard InChI is InChI=1S/C13H17BrN2S/c14-10-11(8-4-1-2-5-8)15-12(16-13(10)17)9-6-3-7-9/h8-9H,1-7H2,(H,15,16,17). The number of hydrogen-bond donors (Lipinski definition) is 1. The summed E-state index contributed by atoms with van der Waals surface area (Å²) in [6, 6.07) is 0. The van der Waals surface area contributed by atoms with E-state index in [0.29, 0.717) is 11.8 Å². The number of nitrogens with zero attached hydrogens (tertiary/aromatic N) is 1. The maximum Gasteiger partial charge on any atom is 0.144 e. The maximum absolute atomic E-state index is 5.38. The van der Waals surface area contributed by atoms with Gasteiger partial charge in [-0.25, -0.2) is 4.98 Å². The second-order valence-electron chi connectivity index (χ2n) is 5.26. The van der Waals surface area contributed by atoms with E-state index in [2.05, 4.69) is 25.9 Å². The normalized spacial score (nSPS) is 21.7. The van der Waals surface area contributed by atoms with Crippen LogP contribution in [0.5, 0.6) is 0 Å². The number of aromatic amines is 1. The van der Waals surface area contributed by atoms with Crippen molar-refractivity contribution in [2.45, 2.75) is 56.8 Å². The van der Waals surface area contributed by atoms with Crippen molar-refractivity contribution >= 4 is 28.1 Å². The third kappa shape index (κ3) is 2.22. The molecule has 0 bridgehead atoms. The minimum atomic E-state index is 0.630. The Labute approximate surface area is 115 Å². The van der Waals surface area contributed by atoms with E-state index in [1.807, 2.05) is 0 Å². The van der Waals surface area contributed by atoms with Crippen molar-refractivity contribution in [2.75, 3.05) is 0 Å². The molecular formula is C13H17BrN2S. The number of halogens is 1. The van der Waals surface area contributed by atoms with Gasteiger partial charge in [-0.2, -0.15) is 0 Å². The topological polar surface area (TPSA) is 28.7 Å². The molecular weight excluding hydrogens is 296 g/mol. The molecule has 1 heterocycles. The first-order chi connectivity index (χ1) is 8.25. The fourth-order valence-corrected chi connectivity index (χ4v) is 3.59. The first-order valence-corrected chi connectivity index (χ1v) is 7.75. The van der Waals surface area contributed by atoms with E-state index in [1.54, 1.807) is 0 Å². The van der Waals surface area contributed by atoms with Crippen LogP contribution in [0.4, 0.5) is 0 Å². The van der Waals surface area contributed by atoms with Crippen LogP contribution in [-0.2, 0) is 0 Å². The Morgan fingerprint density at radius 3 is 2.29 bits per heavy atom. The van der Waals surface area contributed by atoms with Crippen molar-refractivity contribution in [2.24, 2.45) is 0 Å². The number of rotatable bonds is 2. The lowest BCUT2D eigenvalue weighted by atomic mass is 9.84. The summed E-state index contributed by atoms with van der Waals surface area (Å²) < 4.78 is 1.77. The zero-order valence-corrected chi connectivity index (χ0v) is 12.2. The van der Waals surface area contributed by atoms with Crippen molar-refractivity contribution in [1.29, 1.82) is 0 Å². The summed E-state index contributed by atoms with van der Waals surface area (Å²) in [7, 11) is 0. The molecule has 0 aliphatic heterocycles. The third-order valence-corrected chi connectivity index (χ3v) is 5.52. The zero-order chi connectivity index (χ0) is 11.8. The molecule has 2 aliphatic carbocycles. The van der Waals surface area contributed by atoms with Gasteiger partial charge in [0.2, 0.25) is 0 Å². The number of aromatic nitrogens is 2. The molecule has 1 aromatic rings. The number of hydrogen-bond acceptors (Lipinski definition) is 2. The molecule has 17 heavy (non-hydrogen) atoms. The second kappa shape index (κ2) is 4.81. The summed E-state index contributed by atoms with van der Waals surface area (Å²) >= 11 is 8.99. The Balaban J connectivity index is 1.99. The van der Waals surface area contributed by atoms with Crippen LogP contribution in [0, 0.1) is 4.64 Å². The number of nitrogens with one attached hydrogen (secondary N) is 1. The monoisotopic (exact) mass is 312 g/mol. The lowest BCUT2D eigenvalue weighted by Crippen LogP contribution is -2.15. The minimum absolute atomic E-state index is 0.630. The van der Waals surface area contributed by atoms with E-state index < -0.39 is 0 Å². The van der Waals surface area contributed by atoms with Gasteiger partial charge >= 0.3 is 0 Å². The molecule has 0 saturated heterocycles. The molecule has 2 fully saturated rings. The molecule has 0 spiro atoms. The molecule has 0 amide bonds. The van der Waals surface area contributed by atoms with Crippen molar-refractivity contribution in [3.63, 3.8) is 0 Å². The largest absolute Gasteiger partial charge is 0.346 e. The van der Waals surface area contributed by atoms with Gasteiger partial charge in [-0.05, 0) is 41.6 Å². The summed E-state index contributed by atoms with van der Waals surface area (Å²) in [5, 5.41) is 0. The van der Waals surface area contributed by atoms with Crippen LogP contribution in [0.3, 0.4) is 0 Å². The second-order valence-corrected chi connectivity index (χ2v) is 6.44. The summed E-state index contributed by atoms with van der Waals surface area (Å²) in [4.78, 5) is 8.11. The van der Waals surface area contributed by atoms with E-state index >= 15 is 0 Å². The fraction of sp³-hybridized carbons (Fsp3) is 0.692. The van der Waals surface area contributed by atoms with Crippen molar-refractivity contribution in [3.8, 4) is 0 Å². The van der Waals surface area contributed by atoms with Crippen LogP contribution < -0.4 is 0 Å². The Bertz CT molecular complexity index is 473. The highest BCUT2D eigenvalue weighted by atomic mass is 79.9. The average molecular weight is 313 g/mol. The molecule has 1 N–H and O–H groups in total. The van der Waals surface area contributed by atoms with Crippen LogP contribution in [0.1, 0.15) is 68.3 Å². The van der Waals surface area contributed by atoms with Gasteiger partial charge < -0.3 is 4.98 Å². The molecule has 0 unspecified atom stereocenters. The van der Waals surface area contributed by atoms with Gasteiger partial charge in [0.25, 0.3) is 0 Å². The predicted octanol–water partition coefficient (Wildman–Crippen LogP) is 4.83. The molecule has 92 valence electrons. The van der Waals surface area contributed by atoms with Gasteiger partial charge in [0.1, 0.15) is 10.5 Å². The molecule has 4 heteroatoms. The first kappa shape index (κ1) is 11.8. The Hall–Kier alpha value is -0.220. The third-order valence-electron chi connectivity index (χ3n) is 4.16. The van der Waals surface area contributed by atoms with Crippen LogP contribution >= 0.6 is 28.1 Å². The molecule has 2 nitrogen and oxygen atoms in total. The molecule has 2 saturated carbocycles. The van der Waals surface area contributed by atoms with E-state index in [0.717, 1.165) is 14.9 Å². The van der Waals surface area contributed by atoms with Crippen molar-refractivity contribution in [3.05, 3.63) is 20.6 Å². The van der Waals surface area contributed by atoms with Gasteiger partial charge in [-0.3, -0.25) is 0 Å². The summed E-state index contributed by atoms with van der Waals surface area (Å²) in [5.41, 5.74) is 1.31. The van der Waals surface area contributed by atoms with E-state index in [9.17, 15) is 0 Å². The molecule has 0 aromatic carbocycles. The first-order valence-electron chi connectivity index (χ1n) is 6.55. The lowest BCUT2D eigenvalue weighted by molar-refractivity contribution is 0.398. The zero-order valence-electron chi connectivity index (χ0n) is 9.84. The van der Waals surface area contributed by atoms with Gasteiger partial charge in [-0.15, -0.1) is 0 Å². The van der Waals surface area contributed by atoms with Crippen LogP contribution in [-0.4, -0.2) is 9.97 Å². The summed E-state index contributed by atoms with van der Waals surface area (Å²) in [6.45, 7) is 0. The van der Waals surface area contributed by atoms with E-state index in [4.69, 9.17) is 12.2 Å². The summed E-state index contributed by atoms with van der Waals surface area (Å²) in [6.07, 6.45) is 9.14. The molecule has 2 aliphatic rings. The van der Waals surface area contributed by atoms with Crippen molar-refractivity contribution in [1.82, 2.24) is 9.97 Å². The smallest absolute Gasteiger partial charge is 0.144 e. The highest BCUT2D eigenvalue weighted by Gasteiger charge is 2.26. The quantitative estimate of drug-likeness (QED) is 0.793. The molecule has 1 aromatic heterocycles. The van der Waals surface area contributed by atoms with Gasteiger partial charge in [0.05, 0.1) is 4.47 Å². The van der Waals surface area contributed by atoms with E-state index in [1.165, 1.54) is 50.6 Å².